The van der Waals surface area contributed by atoms with Gasteiger partial charge in [-0.3, -0.25) is 4.90 Å². The van der Waals surface area contributed by atoms with E-state index in [1.54, 1.807) is 0 Å². The number of methoxy groups -OCH3 is 1. The summed E-state index contributed by atoms with van der Waals surface area (Å²) >= 11 is 0. The Hall–Kier alpha value is -0.330. The normalized spacial score (nSPS) is 19.6. The maximum atomic E-state index is 12.2. The van der Waals surface area contributed by atoms with Gasteiger partial charge < -0.3 is 10.5 Å². The maximum Gasteiger partial charge on any atom is 0.401 e. The molecule has 0 aliphatic heterocycles. The van der Waals surface area contributed by atoms with Crippen LogP contribution < -0.4 is 5.73 Å². The molecule has 0 spiro atoms. The molecule has 0 bridgehead atoms. The lowest BCUT2D eigenvalue weighted by molar-refractivity contribution is -0.147. The van der Waals surface area contributed by atoms with E-state index in [1.165, 1.54) is 12.0 Å². The van der Waals surface area contributed by atoms with Crippen LogP contribution in [0.25, 0.3) is 0 Å². The van der Waals surface area contributed by atoms with Crippen LogP contribution in [0.1, 0.15) is 12.8 Å². The highest BCUT2D eigenvalue weighted by Gasteiger charge is 2.38. The van der Waals surface area contributed by atoms with Crippen LogP contribution in [-0.2, 0) is 4.74 Å². The van der Waals surface area contributed by atoms with E-state index in [-0.39, 0.29) is 18.6 Å². The Morgan fingerprint density at radius 2 is 2.07 bits per heavy atom. The van der Waals surface area contributed by atoms with Crippen molar-refractivity contribution < 1.29 is 17.9 Å². The summed E-state index contributed by atoms with van der Waals surface area (Å²) in [5.41, 5.74) is 5.64. The molecule has 1 atom stereocenters. The lowest BCUT2D eigenvalue weighted by Gasteiger charge is -2.26. The summed E-state index contributed by atoms with van der Waals surface area (Å²) in [6, 6.07) is -0.285. The summed E-state index contributed by atoms with van der Waals surface area (Å²) in [7, 11) is 1.49. The van der Waals surface area contributed by atoms with Crippen LogP contribution in [-0.4, -0.2) is 50.0 Å². The van der Waals surface area contributed by atoms with Crippen molar-refractivity contribution in [3.05, 3.63) is 0 Å². The van der Waals surface area contributed by atoms with Crippen LogP contribution >= 0.6 is 0 Å². The van der Waals surface area contributed by atoms with Crippen molar-refractivity contribution in [2.24, 2.45) is 5.73 Å². The molecule has 6 heteroatoms. The predicted octanol–water partition coefficient (Wildman–Crippen LogP) is 0.987. The predicted molar refractivity (Wildman–Crippen MR) is 50.5 cm³/mol. The number of halogens is 3. The molecule has 0 aromatic heterocycles. The van der Waals surface area contributed by atoms with Crippen molar-refractivity contribution in [3.63, 3.8) is 0 Å². The zero-order valence-electron chi connectivity index (χ0n) is 8.76. The second kappa shape index (κ2) is 5.14. The van der Waals surface area contributed by atoms with E-state index < -0.39 is 12.7 Å². The van der Waals surface area contributed by atoms with E-state index in [0.29, 0.717) is 6.61 Å². The van der Waals surface area contributed by atoms with Crippen molar-refractivity contribution >= 4 is 0 Å². The molecule has 1 rings (SSSR count). The third-order valence-electron chi connectivity index (χ3n) is 2.30. The summed E-state index contributed by atoms with van der Waals surface area (Å²) in [6.07, 6.45) is -2.46. The van der Waals surface area contributed by atoms with Crippen molar-refractivity contribution in [2.75, 3.05) is 26.8 Å². The summed E-state index contributed by atoms with van der Waals surface area (Å²) in [5.74, 6) is 0. The van der Waals surface area contributed by atoms with E-state index in [1.807, 2.05) is 0 Å². The fourth-order valence-corrected chi connectivity index (χ4v) is 1.58. The maximum absolute atomic E-state index is 12.2. The molecule has 0 aromatic carbocycles. The van der Waals surface area contributed by atoms with Gasteiger partial charge in [-0.2, -0.15) is 13.2 Å². The highest BCUT2D eigenvalue weighted by molar-refractivity contribution is 4.87. The van der Waals surface area contributed by atoms with Gasteiger partial charge in [0, 0.05) is 25.7 Å². The standard InChI is InChI=1S/C9H17F3N2O/c1-15-5-7(13)4-14(8-2-3-8)6-9(10,11)12/h7-8H,2-6,13H2,1H3. The molecule has 0 amide bonds. The molecular weight excluding hydrogens is 209 g/mol. The average Bonchev–Trinajstić information content (AvgIpc) is 2.82. The van der Waals surface area contributed by atoms with E-state index >= 15 is 0 Å². The van der Waals surface area contributed by atoms with Crippen molar-refractivity contribution in [3.8, 4) is 0 Å². The van der Waals surface area contributed by atoms with Crippen LogP contribution in [0.4, 0.5) is 13.2 Å². The van der Waals surface area contributed by atoms with Crippen molar-refractivity contribution in [1.29, 1.82) is 0 Å². The van der Waals surface area contributed by atoms with Gasteiger partial charge in [0.1, 0.15) is 0 Å². The average molecular weight is 226 g/mol. The van der Waals surface area contributed by atoms with E-state index in [9.17, 15) is 13.2 Å². The largest absolute Gasteiger partial charge is 0.401 e. The smallest absolute Gasteiger partial charge is 0.383 e. The van der Waals surface area contributed by atoms with Crippen LogP contribution in [0.15, 0.2) is 0 Å². The first-order valence-electron chi connectivity index (χ1n) is 4.97. The molecule has 1 aliphatic rings. The highest BCUT2D eigenvalue weighted by Crippen LogP contribution is 2.29. The van der Waals surface area contributed by atoms with Crippen LogP contribution in [0.2, 0.25) is 0 Å². The second-order valence-corrected chi connectivity index (χ2v) is 3.99. The van der Waals surface area contributed by atoms with Gasteiger partial charge in [-0.15, -0.1) is 0 Å². The molecule has 0 aromatic rings. The molecule has 1 aliphatic carbocycles. The third kappa shape index (κ3) is 5.34. The molecule has 1 unspecified atom stereocenters. The molecule has 90 valence electrons. The Balaban J connectivity index is 2.37. The Labute approximate surface area is 87.4 Å². The first-order valence-corrected chi connectivity index (χ1v) is 4.97. The van der Waals surface area contributed by atoms with Gasteiger partial charge in [0.05, 0.1) is 13.2 Å². The lowest BCUT2D eigenvalue weighted by Crippen LogP contribution is -2.45. The van der Waals surface area contributed by atoms with Crippen molar-refractivity contribution in [2.45, 2.75) is 31.1 Å². The fourth-order valence-electron chi connectivity index (χ4n) is 1.58. The van der Waals surface area contributed by atoms with Gasteiger partial charge in [0.15, 0.2) is 0 Å². The van der Waals surface area contributed by atoms with Gasteiger partial charge in [-0.05, 0) is 12.8 Å². The molecule has 1 fully saturated rings. The number of alkyl halides is 3. The van der Waals surface area contributed by atoms with Crippen LogP contribution in [0.5, 0.6) is 0 Å². The molecule has 2 N–H and O–H groups in total. The summed E-state index contributed by atoms with van der Waals surface area (Å²) in [4.78, 5) is 1.41. The zero-order valence-corrected chi connectivity index (χ0v) is 8.76. The molecule has 0 radical (unpaired) electrons. The zero-order chi connectivity index (χ0) is 11.5. The number of nitrogens with zero attached hydrogens (tertiary/aromatic N) is 1. The van der Waals surface area contributed by atoms with Gasteiger partial charge in [0.2, 0.25) is 0 Å². The number of rotatable bonds is 6. The minimum atomic E-state index is -4.14. The molecule has 3 nitrogen and oxygen atoms in total. The Bertz CT molecular complexity index is 194. The van der Waals surface area contributed by atoms with Gasteiger partial charge in [-0.1, -0.05) is 0 Å². The van der Waals surface area contributed by atoms with E-state index in [2.05, 4.69) is 0 Å². The summed E-state index contributed by atoms with van der Waals surface area (Å²) < 4.78 is 41.5. The van der Waals surface area contributed by atoms with Gasteiger partial charge in [0.25, 0.3) is 0 Å². The number of ether oxygens (including phenoxy) is 1. The minimum absolute atomic E-state index is 0.0644. The van der Waals surface area contributed by atoms with Gasteiger partial charge >= 0.3 is 6.18 Å². The first kappa shape index (κ1) is 12.7. The second-order valence-electron chi connectivity index (χ2n) is 3.99. The third-order valence-corrected chi connectivity index (χ3v) is 2.30. The Kier molecular flexibility index (Phi) is 4.36. The molecule has 0 heterocycles. The van der Waals surface area contributed by atoms with Crippen LogP contribution in [0, 0.1) is 0 Å². The fraction of sp³-hybridized carbons (Fsp3) is 1.00. The lowest BCUT2D eigenvalue weighted by atomic mass is 10.3. The first-order chi connectivity index (χ1) is 6.92. The monoisotopic (exact) mass is 226 g/mol. The van der Waals surface area contributed by atoms with E-state index in [4.69, 9.17) is 10.5 Å². The van der Waals surface area contributed by atoms with Crippen LogP contribution in [0.3, 0.4) is 0 Å². The summed E-state index contributed by atoms with van der Waals surface area (Å²) in [6.45, 7) is -0.325. The van der Waals surface area contributed by atoms with Crippen molar-refractivity contribution in [1.82, 2.24) is 4.90 Å². The SMILES string of the molecule is COCC(N)CN(CC(F)(F)F)C1CC1. The highest BCUT2D eigenvalue weighted by atomic mass is 19.4. The van der Waals surface area contributed by atoms with E-state index in [0.717, 1.165) is 12.8 Å². The Morgan fingerprint density at radius 3 is 2.47 bits per heavy atom. The number of hydrogen-bond donors (Lipinski definition) is 1. The molecular formula is C9H17F3N2O. The number of hydrogen-bond acceptors (Lipinski definition) is 3. The molecule has 0 saturated heterocycles. The minimum Gasteiger partial charge on any atom is -0.383 e. The molecule has 15 heavy (non-hydrogen) atoms. The topological polar surface area (TPSA) is 38.5 Å². The molecule has 1 saturated carbocycles. The van der Waals surface area contributed by atoms with Gasteiger partial charge in [-0.25, -0.2) is 0 Å². The number of nitrogens with two attached hydrogens (primary N) is 1. The quantitative estimate of drug-likeness (QED) is 0.734. The Morgan fingerprint density at radius 1 is 1.47 bits per heavy atom. The summed E-state index contributed by atoms with van der Waals surface area (Å²) in [5, 5.41) is 0.